The maximum absolute atomic E-state index is 13.6. The van der Waals surface area contributed by atoms with Crippen molar-refractivity contribution in [1.82, 2.24) is 5.43 Å². The second-order valence-corrected chi connectivity index (χ2v) is 13.1. The number of ether oxygens (including phenoxy) is 3. The van der Waals surface area contributed by atoms with E-state index in [0.717, 1.165) is 15.4 Å². The van der Waals surface area contributed by atoms with Crippen molar-refractivity contribution in [1.29, 1.82) is 0 Å². The average Bonchev–Trinajstić information content (AvgIpc) is 3.01. The molecule has 0 aliphatic rings. The van der Waals surface area contributed by atoms with Crippen LogP contribution in [-0.2, 0) is 21.4 Å². The lowest BCUT2D eigenvalue weighted by Crippen LogP contribution is -2.39. The lowest BCUT2D eigenvalue weighted by molar-refractivity contribution is -0.119. The number of hydrogen-bond acceptors (Lipinski definition) is 7. The summed E-state index contributed by atoms with van der Waals surface area (Å²) in [6.45, 7) is 3.87. The first kappa shape index (κ1) is 34.1. The van der Waals surface area contributed by atoms with E-state index in [1.165, 1.54) is 25.5 Å². The molecule has 0 saturated heterocycles. The zero-order valence-corrected chi connectivity index (χ0v) is 28.5. The molecule has 1 amide bonds. The molecule has 4 rings (SSSR count). The molecule has 0 aliphatic heterocycles. The predicted molar refractivity (Wildman–Crippen MR) is 181 cm³/mol. The van der Waals surface area contributed by atoms with E-state index in [0.29, 0.717) is 49.6 Å². The van der Waals surface area contributed by atoms with Crippen LogP contribution in [0.2, 0.25) is 10.0 Å². The molecule has 0 spiro atoms. The summed E-state index contributed by atoms with van der Waals surface area (Å²) >= 11 is 15.6. The number of hydrazone groups is 1. The Hall–Kier alpha value is -3.77. The minimum absolute atomic E-state index is 0.0525. The number of carbonyl (C=O) groups is 1. The number of methoxy groups -OCH3 is 1. The number of sulfonamides is 1. The van der Waals surface area contributed by atoms with Crippen LogP contribution in [0.1, 0.15) is 23.6 Å². The molecular formula is C32H30BrCl2N3O6S. The predicted octanol–water partition coefficient (Wildman–Crippen LogP) is 7.40. The fourth-order valence-electron chi connectivity index (χ4n) is 4.11. The summed E-state index contributed by atoms with van der Waals surface area (Å²) in [5.74, 6) is 0.805. The average molecular weight is 735 g/mol. The van der Waals surface area contributed by atoms with Gasteiger partial charge in [-0.05, 0) is 102 Å². The Kier molecular flexibility index (Phi) is 11.7. The highest BCUT2D eigenvalue weighted by molar-refractivity contribution is 9.10. The van der Waals surface area contributed by atoms with Crippen molar-refractivity contribution < 1.29 is 27.4 Å². The zero-order valence-electron chi connectivity index (χ0n) is 24.6. The number of amides is 1. The first-order valence-corrected chi connectivity index (χ1v) is 16.6. The molecule has 0 bridgehead atoms. The van der Waals surface area contributed by atoms with Gasteiger partial charge in [-0.1, -0.05) is 47.0 Å². The van der Waals surface area contributed by atoms with Crippen LogP contribution >= 0.6 is 39.1 Å². The Morgan fingerprint density at radius 1 is 0.978 bits per heavy atom. The molecule has 45 heavy (non-hydrogen) atoms. The minimum atomic E-state index is -4.09. The summed E-state index contributed by atoms with van der Waals surface area (Å²) < 4.78 is 45.8. The molecule has 4 aromatic rings. The number of halogens is 3. The first-order chi connectivity index (χ1) is 21.5. The molecule has 0 unspecified atom stereocenters. The van der Waals surface area contributed by atoms with Crippen molar-refractivity contribution >= 4 is 67.0 Å². The van der Waals surface area contributed by atoms with Gasteiger partial charge in [0.25, 0.3) is 15.9 Å². The molecule has 0 atom stereocenters. The van der Waals surface area contributed by atoms with Gasteiger partial charge in [-0.25, -0.2) is 13.8 Å². The molecule has 9 nitrogen and oxygen atoms in total. The minimum Gasteiger partial charge on any atom is -0.494 e. The SMILES string of the molecule is CCOc1ccc(N(CC(=O)N/N=C\c2cc(Br)c(OCc3ccc(Cl)c(Cl)c3)c(OC)c2)S(=O)(=O)c2ccc(C)cc2)cc1. The molecule has 4 aromatic carbocycles. The Balaban J connectivity index is 1.49. The monoisotopic (exact) mass is 733 g/mol. The number of carbonyl (C=O) groups excluding carboxylic acids is 1. The van der Waals surface area contributed by atoms with Crippen molar-refractivity contribution in [2.75, 3.05) is 24.6 Å². The molecule has 0 fully saturated rings. The van der Waals surface area contributed by atoms with Gasteiger partial charge in [0.05, 0.1) is 45.0 Å². The molecule has 0 radical (unpaired) electrons. The van der Waals surface area contributed by atoms with E-state index in [-0.39, 0.29) is 11.5 Å². The van der Waals surface area contributed by atoms with Crippen LogP contribution in [0, 0.1) is 6.92 Å². The second kappa shape index (κ2) is 15.5. The van der Waals surface area contributed by atoms with Crippen molar-refractivity contribution in [3.63, 3.8) is 0 Å². The van der Waals surface area contributed by atoms with Crippen molar-refractivity contribution in [3.05, 3.63) is 110 Å². The smallest absolute Gasteiger partial charge is 0.264 e. The number of hydrogen-bond donors (Lipinski definition) is 1. The summed E-state index contributed by atoms with van der Waals surface area (Å²) in [4.78, 5) is 13.1. The third-order valence-corrected chi connectivity index (χ3v) is 9.47. The Bertz CT molecular complexity index is 1790. The first-order valence-electron chi connectivity index (χ1n) is 13.6. The standard InChI is InChI=1S/C32H30BrCl2N3O6S/c1-4-43-25-10-8-24(9-11-25)38(45(40,41)26-12-5-21(2)6-13-26)19-31(39)37-36-18-23-15-27(33)32(30(17-23)42-3)44-20-22-7-14-28(34)29(35)16-22/h5-18H,4,19-20H2,1-3H3,(H,37,39)/b36-18-. The molecule has 0 aliphatic carbocycles. The van der Waals surface area contributed by atoms with Crippen LogP contribution in [-0.4, -0.2) is 40.8 Å². The van der Waals surface area contributed by atoms with Gasteiger partial charge in [0.1, 0.15) is 18.9 Å². The van der Waals surface area contributed by atoms with E-state index in [1.54, 1.807) is 66.7 Å². The highest BCUT2D eigenvalue weighted by Crippen LogP contribution is 2.37. The van der Waals surface area contributed by atoms with Crippen LogP contribution in [0.4, 0.5) is 5.69 Å². The summed E-state index contributed by atoms with van der Waals surface area (Å²) in [6.07, 6.45) is 1.41. The topological polar surface area (TPSA) is 107 Å². The summed E-state index contributed by atoms with van der Waals surface area (Å²) in [6, 6.07) is 21.5. The van der Waals surface area contributed by atoms with E-state index in [1.807, 2.05) is 13.8 Å². The van der Waals surface area contributed by atoms with Gasteiger partial charge in [-0.3, -0.25) is 9.10 Å². The van der Waals surface area contributed by atoms with E-state index >= 15 is 0 Å². The number of nitrogens with one attached hydrogen (secondary N) is 1. The second-order valence-electron chi connectivity index (χ2n) is 9.62. The van der Waals surface area contributed by atoms with Gasteiger partial charge in [-0.15, -0.1) is 0 Å². The van der Waals surface area contributed by atoms with Gasteiger partial charge in [0.2, 0.25) is 0 Å². The quantitative estimate of drug-likeness (QED) is 0.113. The highest BCUT2D eigenvalue weighted by atomic mass is 79.9. The third-order valence-electron chi connectivity index (χ3n) is 6.35. The normalized spacial score (nSPS) is 11.3. The third kappa shape index (κ3) is 8.91. The summed E-state index contributed by atoms with van der Waals surface area (Å²) in [7, 11) is -2.59. The molecule has 0 heterocycles. The van der Waals surface area contributed by atoms with Crippen LogP contribution in [0.15, 0.2) is 93.3 Å². The Labute approximate surface area is 280 Å². The molecule has 236 valence electrons. The number of benzene rings is 4. The lowest BCUT2D eigenvalue weighted by atomic mass is 10.2. The van der Waals surface area contributed by atoms with Crippen LogP contribution in [0.3, 0.4) is 0 Å². The van der Waals surface area contributed by atoms with Crippen LogP contribution in [0.5, 0.6) is 17.2 Å². The molecule has 1 N–H and O–H groups in total. The zero-order chi connectivity index (χ0) is 32.6. The van der Waals surface area contributed by atoms with Crippen molar-refractivity contribution in [2.45, 2.75) is 25.3 Å². The Morgan fingerprint density at radius 3 is 2.33 bits per heavy atom. The molecule has 0 saturated carbocycles. The number of rotatable bonds is 13. The van der Waals surface area contributed by atoms with Gasteiger partial charge >= 0.3 is 0 Å². The maximum atomic E-state index is 13.6. The van der Waals surface area contributed by atoms with E-state index < -0.39 is 22.5 Å². The van der Waals surface area contributed by atoms with Crippen LogP contribution < -0.4 is 23.9 Å². The van der Waals surface area contributed by atoms with E-state index in [4.69, 9.17) is 37.4 Å². The highest BCUT2D eigenvalue weighted by Gasteiger charge is 2.27. The van der Waals surface area contributed by atoms with E-state index in [9.17, 15) is 13.2 Å². The largest absolute Gasteiger partial charge is 0.494 e. The van der Waals surface area contributed by atoms with Gasteiger partial charge in [0, 0.05) is 0 Å². The van der Waals surface area contributed by atoms with Crippen molar-refractivity contribution in [3.8, 4) is 17.2 Å². The molecule has 13 heteroatoms. The van der Waals surface area contributed by atoms with Crippen LogP contribution in [0.25, 0.3) is 0 Å². The number of nitrogens with zero attached hydrogens (tertiary/aromatic N) is 2. The lowest BCUT2D eigenvalue weighted by Gasteiger charge is -2.24. The molecule has 0 aromatic heterocycles. The fraction of sp³-hybridized carbons (Fsp3) is 0.188. The number of aryl methyl sites for hydroxylation is 1. The molecular weight excluding hydrogens is 705 g/mol. The van der Waals surface area contributed by atoms with Crippen molar-refractivity contribution in [2.24, 2.45) is 5.10 Å². The fourth-order valence-corrected chi connectivity index (χ4v) is 6.43. The summed E-state index contributed by atoms with van der Waals surface area (Å²) in [5.41, 5.74) is 5.01. The van der Waals surface area contributed by atoms with Gasteiger partial charge in [0.15, 0.2) is 11.5 Å². The Morgan fingerprint density at radius 2 is 1.69 bits per heavy atom. The maximum Gasteiger partial charge on any atom is 0.264 e. The summed E-state index contributed by atoms with van der Waals surface area (Å²) in [5, 5.41) is 4.91. The van der Waals surface area contributed by atoms with Gasteiger partial charge < -0.3 is 14.2 Å². The van der Waals surface area contributed by atoms with E-state index in [2.05, 4.69) is 26.5 Å². The number of anilines is 1. The van der Waals surface area contributed by atoms with Gasteiger partial charge in [-0.2, -0.15) is 5.10 Å².